The van der Waals surface area contributed by atoms with Crippen molar-refractivity contribution in [3.05, 3.63) is 17.5 Å². The molecule has 0 aliphatic carbocycles. The molecule has 1 unspecified atom stereocenters. The zero-order chi connectivity index (χ0) is 17.3. The molecule has 0 saturated carbocycles. The Morgan fingerprint density at radius 1 is 1.38 bits per heavy atom. The number of aromatic nitrogens is 1. The van der Waals surface area contributed by atoms with Crippen molar-refractivity contribution in [3.8, 4) is 0 Å². The summed E-state index contributed by atoms with van der Waals surface area (Å²) in [6, 6.07) is 1.67. The highest BCUT2D eigenvalue weighted by Gasteiger charge is 2.44. The molecule has 0 N–H and O–H groups in total. The van der Waals surface area contributed by atoms with Gasteiger partial charge in [-0.25, -0.2) is 0 Å². The van der Waals surface area contributed by atoms with Crippen molar-refractivity contribution in [1.29, 1.82) is 0 Å². The van der Waals surface area contributed by atoms with E-state index in [-0.39, 0.29) is 36.8 Å². The maximum Gasteiger partial charge on any atom is 0.292 e. The molecule has 1 atom stereocenters. The van der Waals surface area contributed by atoms with Crippen molar-refractivity contribution < 1.29 is 23.6 Å². The largest absolute Gasteiger partial charge is 0.368 e. The van der Waals surface area contributed by atoms with E-state index in [1.165, 1.54) is 0 Å². The quantitative estimate of drug-likeness (QED) is 0.779. The van der Waals surface area contributed by atoms with Crippen LogP contribution >= 0.6 is 0 Å². The highest BCUT2D eigenvalue weighted by molar-refractivity contribution is 5.91. The number of carbonyl (C=O) groups is 2. The second-order valence-corrected chi connectivity index (χ2v) is 6.70. The molecule has 0 bridgehead atoms. The van der Waals surface area contributed by atoms with Crippen LogP contribution in [0.15, 0.2) is 10.6 Å². The number of aryl methyl sites for hydroxylation is 1. The minimum atomic E-state index is -0.709. The first kappa shape index (κ1) is 16.9. The Kier molecular flexibility index (Phi) is 4.60. The average Bonchev–Trinajstić information content (AvgIpc) is 2.91. The van der Waals surface area contributed by atoms with E-state index in [4.69, 9.17) is 14.0 Å². The van der Waals surface area contributed by atoms with Crippen LogP contribution in [0.2, 0.25) is 0 Å². The minimum Gasteiger partial charge on any atom is -0.368 e. The maximum atomic E-state index is 12.6. The van der Waals surface area contributed by atoms with Gasteiger partial charge in [0.2, 0.25) is 11.7 Å². The molecule has 3 heterocycles. The lowest BCUT2D eigenvalue weighted by Crippen LogP contribution is -2.60. The number of rotatable bonds is 2. The number of carbonyl (C=O) groups excluding carboxylic acids is 2. The first-order valence-electron chi connectivity index (χ1n) is 8.14. The van der Waals surface area contributed by atoms with Gasteiger partial charge in [-0.05, 0) is 20.8 Å². The van der Waals surface area contributed by atoms with Gasteiger partial charge in [0.1, 0.15) is 12.2 Å². The molecule has 8 heteroatoms. The van der Waals surface area contributed by atoms with E-state index in [1.807, 2.05) is 13.8 Å². The lowest BCUT2D eigenvalue weighted by Gasteiger charge is -2.43. The van der Waals surface area contributed by atoms with E-state index in [2.05, 4.69) is 5.16 Å². The van der Waals surface area contributed by atoms with E-state index in [0.717, 1.165) is 0 Å². The fourth-order valence-corrected chi connectivity index (χ4v) is 3.14. The van der Waals surface area contributed by atoms with Gasteiger partial charge in [0.05, 0.1) is 32.0 Å². The molecule has 132 valence electrons. The summed E-state index contributed by atoms with van der Waals surface area (Å²) < 4.78 is 16.6. The van der Waals surface area contributed by atoms with Gasteiger partial charge in [-0.3, -0.25) is 9.59 Å². The highest BCUT2D eigenvalue weighted by atomic mass is 16.6. The van der Waals surface area contributed by atoms with Crippen molar-refractivity contribution in [2.24, 2.45) is 0 Å². The number of hydrogen-bond acceptors (Lipinski definition) is 6. The van der Waals surface area contributed by atoms with E-state index < -0.39 is 5.60 Å². The maximum absolute atomic E-state index is 12.6. The normalized spacial score (nSPS) is 25.4. The van der Waals surface area contributed by atoms with Gasteiger partial charge in [-0.2, -0.15) is 0 Å². The SMILES string of the molecule is Cc1cc(C(=O)N2CCOC3(COCC(=O)N(C(C)C)C3)C2)on1. The number of amides is 2. The van der Waals surface area contributed by atoms with E-state index in [9.17, 15) is 9.59 Å². The standard InChI is InChI=1S/C16H23N3O5/c1-11(2)19-9-16(10-22-7-14(19)20)8-18(4-5-23-16)15(21)13-6-12(3)17-24-13/h6,11H,4-5,7-10H2,1-3H3. The van der Waals surface area contributed by atoms with Gasteiger partial charge in [-0.15, -0.1) is 0 Å². The fraction of sp³-hybridized carbons (Fsp3) is 0.688. The molecule has 1 aromatic heterocycles. The number of ether oxygens (including phenoxy) is 2. The Labute approximate surface area is 140 Å². The molecule has 8 nitrogen and oxygen atoms in total. The third-order valence-corrected chi connectivity index (χ3v) is 4.37. The third-order valence-electron chi connectivity index (χ3n) is 4.37. The van der Waals surface area contributed by atoms with Crippen molar-refractivity contribution in [1.82, 2.24) is 15.0 Å². The van der Waals surface area contributed by atoms with Gasteiger partial charge >= 0.3 is 0 Å². The van der Waals surface area contributed by atoms with Crippen LogP contribution in [0, 0.1) is 6.92 Å². The van der Waals surface area contributed by atoms with Crippen molar-refractivity contribution in [3.63, 3.8) is 0 Å². The summed E-state index contributed by atoms with van der Waals surface area (Å²) in [4.78, 5) is 28.2. The molecule has 2 amide bonds. The number of hydrogen-bond donors (Lipinski definition) is 0. The van der Waals surface area contributed by atoms with Crippen LogP contribution in [0.5, 0.6) is 0 Å². The van der Waals surface area contributed by atoms with E-state index in [1.54, 1.807) is 22.8 Å². The molecule has 1 aromatic rings. The Morgan fingerprint density at radius 2 is 2.17 bits per heavy atom. The lowest BCUT2D eigenvalue weighted by atomic mass is 10.0. The van der Waals surface area contributed by atoms with Gasteiger partial charge in [0, 0.05) is 18.7 Å². The summed E-state index contributed by atoms with van der Waals surface area (Å²) in [7, 11) is 0. The second-order valence-electron chi connectivity index (χ2n) is 6.70. The smallest absolute Gasteiger partial charge is 0.292 e. The van der Waals surface area contributed by atoms with Crippen LogP contribution in [-0.4, -0.2) is 77.9 Å². The summed E-state index contributed by atoms with van der Waals surface area (Å²) >= 11 is 0. The molecular formula is C16H23N3O5. The average molecular weight is 337 g/mol. The van der Waals surface area contributed by atoms with Crippen LogP contribution < -0.4 is 0 Å². The first-order chi connectivity index (χ1) is 11.4. The first-order valence-corrected chi connectivity index (χ1v) is 8.14. The summed E-state index contributed by atoms with van der Waals surface area (Å²) in [6.07, 6.45) is 0. The van der Waals surface area contributed by atoms with E-state index >= 15 is 0 Å². The molecule has 2 fully saturated rings. The van der Waals surface area contributed by atoms with Gasteiger partial charge in [0.25, 0.3) is 5.91 Å². The van der Waals surface area contributed by atoms with E-state index in [0.29, 0.717) is 31.9 Å². The molecular weight excluding hydrogens is 314 g/mol. The molecule has 3 rings (SSSR count). The Morgan fingerprint density at radius 3 is 2.83 bits per heavy atom. The van der Waals surface area contributed by atoms with Gasteiger partial charge in [0.15, 0.2) is 0 Å². The fourth-order valence-electron chi connectivity index (χ4n) is 3.14. The summed E-state index contributed by atoms with van der Waals surface area (Å²) in [5.41, 5.74) is -0.0462. The zero-order valence-electron chi connectivity index (χ0n) is 14.3. The monoisotopic (exact) mass is 337 g/mol. The minimum absolute atomic E-state index is 0.0402. The molecule has 2 aliphatic rings. The lowest BCUT2D eigenvalue weighted by molar-refractivity contribution is -0.140. The second kappa shape index (κ2) is 6.52. The highest BCUT2D eigenvalue weighted by Crippen LogP contribution is 2.25. The topological polar surface area (TPSA) is 85.1 Å². The predicted molar refractivity (Wildman–Crippen MR) is 83.5 cm³/mol. The van der Waals surface area contributed by atoms with Crippen LogP contribution in [-0.2, 0) is 14.3 Å². The Bertz CT molecular complexity index is 629. The number of nitrogens with zero attached hydrogens (tertiary/aromatic N) is 3. The van der Waals surface area contributed by atoms with Crippen molar-refractivity contribution in [2.75, 3.05) is 39.5 Å². The summed E-state index contributed by atoms with van der Waals surface area (Å²) in [5, 5.41) is 3.77. The van der Waals surface area contributed by atoms with Crippen molar-refractivity contribution >= 4 is 11.8 Å². The molecule has 2 aliphatic heterocycles. The Balaban J connectivity index is 1.78. The van der Waals surface area contributed by atoms with Gasteiger partial charge in [-0.1, -0.05) is 5.16 Å². The third kappa shape index (κ3) is 3.29. The predicted octanol–water partition coefficient (Wildman–Crippen LogP) is 0.461. The Hall–Kier alpha value is -1.93. The number of morpholine rings is 1. The molecule has 24 heavy (non-hydrogen) atoms. The molecule has 0 aromatic carbocycles. The van der Waals surface area contributed by atoms with Gasteiger partial charge < -0.3 is 23.8 Å². The molecule has 1 spiro atoms. The van der Waals surface area contributed by atoms with Crippen LogP contribution in [0.4, 0.5) is 0 Å². The van der Waals surface area contributed by atoms with Crippen molar-refractivity contribution in [2.45, 2.75) is 32.4 Å². The summed E-state index contributed by atoms with van der Waals surface area (Å²) in [6.45, 7) is 7.62. The summed E-state index contributed by atoms with van der Waals surface area (Å²) in [5.74, 6) is -0.0550. The molecule has 2 saturated heterocycles. The van der Waals surface area contributed by atoms with Crippen LogP contribution in [0.1, 0.15) is 30.1 Å². The zero-order valence-corrected chi connectivity index (χ0v) is 14.3. The van der Waals surface area contributed by atoms with Crippen LogP contribution in [0.25, 0.3) is 0 Å². The van der Waals surface area contributed by atoms with Crippen LogP contribution in [0.3, 0.4) is 0 Å². The molecule has 0 radical (unpaired) electrons.